The summed E-state index contributed by atoms with van der Waals surface area (Å²) in [6, 6.07) is 18.9. The average Bonchev–Trinajstić information content (AvgIpc) is 2.61. The van der Waals surface area contributed by atoms with Gasteiger partial charge in [0.2, 0.25) is 0 Å². The number of hydrogen-bond acceptors (Lipinski definition) is 3. The third-order valence-corrected chi connectivity index (χ3v) is 3.49. The van der Waals surface area contributed by atoms with Crippen LogP contribution in [0.1, 0.15) is 11.3 Å². The van der Waals surface area contributed by atoms with Gasteiger partial charge in [-0.3, -0.25) is 0 Å². The maximum atomic E-state index is 11.9. The lowest BCUT2D eigenvalue weighted by Gasteiger charge is -2.08. The predicted octanol–water partition coefficient (Wildman–Crippen LogP) is 3.77. The van der Waals surface area contributed by atoms with Crippen molar-refractivity contribution in [2.24, 2.45) is 0 Å². The van der Waals surface area contributed by atoms with E-state index in [1.54, 1.807) is 6.20 Å². The molecule has 0 bridgehead atoms. The third kappa shape index (κ3) is 4.16. The first-order valence-electron chi connectivity index (χ1n) is 7.69. The van der Waals surface area contributed by atoms with Crippen molar-refractivity contribution < 1.29 is 4.79 Å². The molecule has 0 aliphatic rings. The maximum Gasteiger partial charge on any atom is 0.319 e. The monoisotopic (exact) mass is 318 g/mol. The molecule has 5 nitrogen and oxygen atoms in total. The molecule has 1 heterocycles. The van der Waals surface area contributed by atoms with Gasteiger partial charge in [-0.05, 0) is 42.8 Å². The molecule has 0 spiro atoms. The smallest absolute Gasteiger partial charge is 0.319 e. The van der Waals surface area contributed by atoms with Crippen LogP contribution in [0, 0.1) is 6.92 Å². The highest BCUT2D eigenvalue weighted by molar-refractivity contribution is 5.89. The van der Waals surface area contributed by atoms with Crippen LogP contribution in [0.3, 0.4) is 0 Å². The molecule has 0 aliphatic carbocycles. The second-order valence-electron chi connectivity index (χ2n) is 5.39. The lowest BCUT2D eigenvalue weighted by molar-refractivity contribution is 0.251. The van der Waals surface area contributed by atoms with Gasteiger partial charge in [0.1, 0.15) is 0 Å². The molecule has 1 aromatic heterocycles. The van der Waals surface area contributed by atoms with Crippen molar-refractivity contribution in [3.8, 4) is 11.4 Å². The van der Waals surface area contributed by atoms with Crippen molar-refractivity contribution in [3.63, 3.8) is 0 Å². The fraction of sp³-hybridized carbons (Fsp3) is 0.105. The van der Waals surface area contributed by atoms with Gasteiger partial charge in [0.25, 0.3) is 0 Å². The highest BCUT2D eigenvalue weighted by Crippen LogP contribution is 2.17. The number of hydrogen-bond donors (Lipinski definition) is 2. The Morgan fingerprint density at radius 3 is 2.46 bits per heavy atom. The topological polar surface area (TPSA) is 66.9 Å². The third-order valence-electron chi connectivity index (χ3n) is 3.49. The van der Waals surface area contributed by atoms with Crippen molar-refractivity contribution in [1.29, 1.82) is 0 Å². The Labute approximate surface area is 140 Å². The van der Waals surface area contributed by atoms with Gasteiger partial charge in [-0.2, -0.15) is 0 Å². The minimum atomic E-state index is -0.238. The number of carbonyl (C=O) groups is 1. The lowest BCUT2D eigenvalue weighted by Crippen LogP contribution is -2.28. The van der Waals surface area contributed by atoms with Crippen LogP contribution in [-0.2, 0) is 6.54 Å². The van der Waals surface area contributed by atoms with E-state index < -0.39 is 0 Å². The Morgan fingerprint density at radius 2 is 1.75 bits per heavy atom. The molecule has 3 rings (SSSR count). The number of amides is 2. The Hall–Kier alpha value is -3.21. The summed E-state index contributed by atoms with van der Waals surface area (Å²) in [4.78, 5) is 20.6. The van der Waals surface area contributed by atoms with E-state index in [9.17, 15) is 4.79 Å². The number of nitrogens with zero attached hydrogens (tertiary/aromatic N) is 2. The summed E-state index contributed by atoms with van der Waals surface area (Å²) >= 11 is 0. The Morgan fingerprint density at radius 1 is 1.00 bits per heavy atom. The zero-order valence-electron chi connectivity index (χ0n) is 13.4. The second-order valence-corrected chi connectivity index (χ2v) is 5.39. The van der Waals surface area contributed by atoms with E-state index in [-0.39, 0.29) is 6.03 Å². The fourth-order valence-corrected chi connectivity index (χ4v) is 2.24. The summed E-state index contributed by atoms with van der Waals surface area (Å²) in [5.74, 6) is 0.676. The number of aryl methyl sites for hydroxylation is 1. The number of anilines is 1. The van der Waals surface area contributed by atoms with Gasteiger partial charge in [0.05, 0.1) is 0 Å². The molecule has 3 aromatic rings. The van der Waals surface area contributed by atoms with Crippen molar-refractivity contribution >= 4 is 11.7 Å². The summed E-state index contributed by atoms with van der Waals surface area (Å²) in [5.41, 5.74) is 3.60. The molecule has 24 heavy (non-hydrogen) atoms. The molecule has 0 atom stereocenters. The maximum absolute atomic E-state index is 11.9. The van der Waals surface area contributed by atoms with E-state index in [0.717, 1.165) is 22.5 Å². The number of benzene rings is 2. The Bertz CT molecular complexity index is 816. The van der Waals surface area contributed by atoms with Gasteiger partial charge in [0.15, 0.2) is 5.82 Å². The first kappa shape index (κ1) is 15.7. The van der Waals surface area contributed by atoms with Crippen LogP contribution in [0.4, 0.5) is 10.5 Å². The van der Waals surface area contributed by atoms with E-state index in [4.69, 9.17) is 0 Å². The van der Waals surface area contributed by atoms with Gasteiger partial charge in [-0.1, -0.05) is 30.3 Å². The molecule has 0 saturated carbocycles. The van der Waals surface area contributed by atoms with Gasteiger partial charge in [0, 0.05) is 29.7 Å². The Kier molecular flexibility index (Phi) is 4.81. The van der Waals surface area contributed by atoms with Crippen LogP contribution >= 0.6 is 0 Å². The summed E-state index contributed by atoms with van der Waals surface area (Å²) in [6.45, 7) is 2.42. The standard InChI is InChI=1S/C19H18N4O/c1-14-11-12-20-18(22-14)16-7-9-17(10-8-16)23-19(24)21-13-15-5-3-2-4-6-15/h2-12H,13H2,1H3,(H2,21,23,24). The van der Waals surface area contributed by atoms with Crippen molar-refractivity contribution in [2.75, 3.05) is 5.32 Å². The van der Waals surface area contributed by atoms with E-state index in [1.807, 2.05) is 67.6 Å². The molecule has 0 radical (unpaired) electrons. The second kappa shape index (κ2) is 7.37. The van der Waals surface area contributed by atoms with Gasteiger partial charge >= 0.3 is 6.03 Å². The Balaban J connectivity index is 1.58. The SMILES string of the molecule is Cc1ccnc(-c2ccc(NC(=O)NCc3ccccc3)cc2)n1. The fourth-order valence-electron chi connectivity index (χ4n) is 2.24. The summed E-state index contributed by atoms with van der Waals surface area (Å²) in [6.07, 6.45) is 1.74. The largest absolute Gasteiger partial charge is 0.334 e. The van der Waals surface area contributed by atoms with Crippen LogP contribution in [0.15, 0.2) is 66.9 Å². The zero-order chi connectivity index (χ0) is 16.8. The van der Waals surface area contributed by atoms with Crippen LogP contribution in [0.2, 0.25) is 0 Å². The average molecular weight is 318 g/mol. The first-order chi connectivity index (χ1) is 11.7. The number of nitrogens with one attached hydrogen (secondary N) is 2. The van der Waals surface area contributed by atoms with Crippen LogP contribution in [0.5, 0.6) is 0 Å². The van der Waals surface area contributed by atoms with Gasteiger partial charge in [-0.15, -0.1) is 0 Å². The quantitative estimate of drug-likeness (QED) is 0.769. The zero-order valence-corrected chi connectivity index (χ0v) is 13.4. The van der Waals surface area contributed by atoms with E-state index >= 15 is 0 Å². The molecule has 0 saturated heterocycles. The summed E-state index contributed by atoms with van der Waals surface area (Å²) in [7, 11) is 0. The van der Waals surface area contributed by atoms with Crippen molar-refractivity contribution in [3.05, 3.63) is 78.1 Å². The normalized spacial score (nSPS) is 10.2. The molecule has 5 heteroatoms. The van der Waals surface area contributed by atoms with Crippen molar-refractivity contribution in [1.82, 2.24) is 15.3 Å². The first-order valence-corrected chi connectivity index (χ1v) is 7.69. The molecule has 0 unspecified atom stereocenters. The molecule has 120 valence electrons. The molecule has 2 N–H and O–H groups in total. The van der Waals surface area contributed by atoms with Crippen LogP contribution in [-0.4, -0.2) is 16.0 Å². The minimum absolute atomic E-state index is 0.238. The predicted molar refractivity (Wildman–Crippen MR) is 94.5 cm³/mol. The van der Waals surface area contributed by atoms with Crippen LogP contribution in [0.25, 0.3) is 11.4 Å². The molecule has 2 aromatic carbocycles. The molecular formula is C19H18N4O. The van der Waals surface area contributed by atoms with E-state index in [2.05, 4.69) is 20.6 Å². The number of rotatable bonds is 4. The number of aromatic nitrogens is 2. The molecule has 2 amide bonds. The van der Waals surface area contributed by atoms with Crippen molar-refractivity contribution in [2.45, 2.75) is 13.5 Å². The highest BCUT2D eigenvalue weighted by atomic mass is 16.2. The molecule has 0 fully saturated rings. The van der Waals surface area contributed by atoms with Gasteiger partial charge < -0.3 is 10.6 Å². The van der Waals surface area contributed by atoms with E-state index in [1.165, 1.54) is 0 Å². The summed E-state index contributed by atoms with van der Waals surface area (Å²) in [5, 5.41) is 5.64. The van der Waals surface area contributed by atoms with E-state index in [0.29, 0.717) is 12.4 Å². The summed E-state index contributed by atoms with van der Waals surface area (Å²) < 4.78 is 0. The lowest BCUT2D eigenvalue weighted by atomic mass is 10.2. The van der Waals surface area contributed by atoms with Crippen LogP contribution < -0.4 is 10.6 Å². The molecule has 0 aliphatic heterocycles. The minimum Gasteiger partial charge on any atom is -0.334 e. The van der Waals surface area contributed by atoms with Gasteiger partial charge in [-0.25, -0.2) is 14.8 Å². The molecular weight excluding hydrogens is 300 g/mol. The number of carbonyl (C=O) groups excluding carboxylic acids is 1. The number of urea groups is 1. The highest BCUT2D eigenvalue weighted by Gasteiger charge is 2.04.